The van der Waals surface area contributed by atoms with Gasteiger partial charge in [0.1, 0.15) is 5.82 Å². The molecule has 0 bridgehead atoms. The minimum atomic E-state index is 0.164. The van der Waals surface area contributed by atoms with E-state index in [1.807, 2.05) is 18.5 Å². The first-order chi connectivity index (χ1) is 6.73. The van der Waals surface area contributed by atoms with Crippen LogP contribution in [0.25, 0.3) is 0 Å². The molecule has 1 aromatic heterocycles. The molecule has 1 atom stereocenters. The minimum absolute atomic E-state index is 0.164. The highest BCUT2D eigenvalue weighted by molar-refractivity contribution is 5.05. The second-order valence-corrected chi connectivity index (χ2v) is 4.09. The molecule has 0 spiro atoms. The highest BCUT2D eigenvalue weighted by atomic mass is 14.9. The molecule has 0 aliphatic heterocycles. The molecule has 14 heavy (non-hydrogen) atoms. The molecule has 0 aliphatic rings. The van der Waals surface area contributed by atoms with Crippen LogP contribution in [0.2, 0.25) is 0 Å². The molecule has 1 aromatic rings. The van der Waals surface area contributed by atoms with Crippen LogP contribution in [0.5, 0.6) is 0 Å². The van der Waals surface area contributed by atoms with Gasteiger partial charge in [-0.05, 0) is 18.9 Å². The van der Waals surface area contributed by atoms with Gasteiger partial charge in [-0.3, -0.25) is 0 Å². The van der Waals surface area contributed by atoms with Crippen molar-refractivity contribution in [2.45, 2.75) is 51.9 Å². The van der Waals surface area contributed by atoms with Crippen molar-refractivity contribution in [3.05, 3.63) is 24.3 Å². The number of rotatable bonds is 5. The summed E-state index contributed by atoms with van der Waals surface area (Å²) < 4.78 is 0. The highest BCUT2D eigenvalue weighted by Gasteiger charge is 2.26. The van der Waals surface area contributed by atoms with Crippen LogP contribution in [-0.4, -0.2) is 9.97 Å². The second kappa shape index (κ2) is 5.08. The standard InChI is InChI=1S/C12H20N2/c1-4-6-8-12(3,5-2)11-13-9-7-10-14-11/h7,9-10H,4-6,8H2,1-3H3. The normalized spacial score (nSPS) is 15.1. The zero-order valence-corrected chi connectivity index (χ0v) is 9.45. The fraction of sp³-hybridized carbons (Fsp3) is 0.667. The molecule has 0 aromatic carbocycles. The lowest BCUT2D eigenvalue weighted by Gasteiger charge is -2.26. The van der Waals surface area contributed by atoms with E-state index >= 15 is 0 Å². The van der Waals surface area contributed by atoms with Crippen molar-refractivity contribution in [3.63, 3.8) is 0 Å². The SMILES string of the molecule is CCCCC(C)(CC)c1ncccn1. The topological polar surface area (TPSA) is 25.8 Å². The summed E-state index contributed by atoms with van der Waals surface area (Å²) in [5.41, 5.74) is 0.164. The van der Waals surface area contributed by atoms with E-state index in [4.69, 9.17) is 0 Å². The number of aromatic nitrogens is 2. The summed E-state index contributed by atoms with van der Waals surface area (Å²) in [7, 11) is 0. The van der Waals surface area contributed by atoms with Crippen LogP contribution in [0.15, 0.2) is 18.5 Å². The van der Waals surface area contributed by atoms with Gasteiger partial charge in [0.25, 0.3) is 0 Å². The van der Waals surface area contributed by atoms with Crippen LogP contribution in [0.1, 0.15) is 52.3 Å². The van der Waals surface area contributed by atoms with E-state index in [0.717, 1.165) is 12.2 Å². The lowest BCUT2D eigenvalue weighted by atomic mass is 9.81. The molecule has 2 heteroatoms. The highest BCUT2D eigenvalue weighted by Crippen LogP contribution is 2.29. The number of hydrogen-bond donors (Lipinski definition) is 0. The Kier molecular flexibility index (Phi) is 4.05. The van der Waals surface area contributed by atoms with Gasteiger partial charge in [0, 0.05) is 17.8 Å². The fourth-order valence-electron chi connectivity index (χ4n) is 1.62. The Bertz CT molecular complexity index is 258. The van der Waals surface area contributed by atoms with Crippen LogP contribution in [0, 0.1) is 0 Å². The molecule has 1 unspecified atom stereocenters. The van der Waals surface area contributed by atoms with Gasteiger partial charge in [0.05, 0.1) is 0 Å². The average molecular weight is 192 g/mol. The molecule has 78 valence electrons. The predicted octanol–water partition coefficient (Wildman–Crippen LogP) is 3.33. The van der Waals surface area contributed by atoms with Crippen molar-refractivity contribution in [2.75, 3.05) is 0 Å². The quantitative estimate of drug-likeness (QED) is 0.715. The Balaban J connectivity index is 2.79. The van der Waals surface area contributed by atoms with Crippen molar-refractivity contribution in [2.24, 2.45) is 0 Å². The molecule has 0 saturated carbocycles. The van der Waals surface area contributed by atoms with E-state index < -0.39 is 0 Å². The maximum Gasteiger partial charge on any atom is 0.134 e. The van der Waals surface area contributed by atoms with E-state index in [1.54, 1.807) is 0 Å². The van der Waals surface area contributed by atoms with Gasteiger partial charge >= 0.3 is 0 Å². The maximum absolute atomic E-state index is 4.36. The van der Waals surface area contributed by atoms with E-state index in [-0.39, 0.29) is 5.41 Å². The minimum Gasteiger partial charge on any atom is -0.241 e. The second-order valence-electron chi connectivity index (χ2n) is 4.09. The molecule has 1 rings (SSSR count). The number of hydrogen-bond acceptors (Lipinski definition) is 2. The Morgan fingerprint density at radius 3 is 2.36 bits per heavy atom. The lowest BCUT2D eigenvalue weighted by Crippen LogP contribution is -2.23. The third-order valence-electron chi connectivity index (χ3n) is 2.97. The van der Waals surface area contributed by atoms with Crippen molar-refractivity contribution >= 4 is 0 Å². The van der Waals surface area contributed by atoms with Gasteiger partial charge in [-0.1, -0.05) is 33.6 Å². The van der Waals surface area contributed by atoms with E-state index in [2.05, 4.69) is 30.7 Å². The van der Waals surface area contributed by atoms with Crippen molar-refractivity contribution in [1.82, 2.24) is 9.97 Å². The van der Waals surface area contributed by atoms with Crippen molar-refractivity contribution < 1.29 is 0 Å². The van der Waals surface area contributed by atoms with Crippen LogP contribution in [-0.2, 0) is 5.41 Å². The molecule has 1 heterocycles. The fourth-order valence-corrected chi connectivity index (χ4v) is 1.62. The first-order valence-electron chi connectivity index (χ1n) is 5.50. The zero-order valence-electron chi connectivity index (χ0n) is 9.45. The van der Waals surface area contributed by atoms with Crippen LogP contribution < -0.4 is 0 Å². The Labute approximate surface area is 86.8 Å². The molecular formula is C12H20N2. The zero-order chi connectivity index (χ0) is 10.4. The van der Waals surface area contributed by atoms with Crippen LogP contribution in [0.4, 0.5) is 0 Å². The van der Waals surface area contributed by atoms with Crippen molar-refractivity contribution in [3.8, 4) is 0 Å². The molecule has 0 N–H and O–H groups in total. The van der Waals surface area contributed by atoms with Gasteiger partial charge in [-0.15, -0.1) is 0 Å². The molecule has 0 amide bonds. The van der Waals surface area contributed by atoms with E-state index in [1.165, 1.54) is 19.3 Å². The van der Waals surface area contributed by atoms with Crippen molar-refractivity contribution in [1.29, 1.82) is 0 Å². The molecule has 0 radical (unpaired) electrons. The summed E-state index contributed by atoms with van der Waals surface area (Å²) in [6.07, 6.45) is 8.45. The Morgan fingerprint density at radius 2 is 1.86 bits per heavy atom. The third kappa shape index (κ3) is 2.53. The van der Waals surface area contributed by atoms with Gasteiger partial charge in [0.15, 0.2) is 0 Å². The number of nitrogens with zero attached hydrogens (tertiary/aromatic N) is 2. The summed E-state index contributed by atoms with van der Waals surface area (Å²) >= 11 is 0. The summed E-state index contributed by atoms with van der Waals surface area (Å²) in [5, 5.41) is 0. The predicted molar refractivity (Wildman–Crippen MR) is 59.2 cm³/mol. The molecule has 0 aliphatic carbocycles. The van der Waals surface area contributed by atoms with Gasteiger partial charge < -0.3 is 0 Å². The Morgan fingerprint density at radius 1 is 1.21 bits per heavy atom. The summed E-state index contributed by atoms with van der Waals surface area (Å²) in [6, 6.07) is 1.87. The van der Waals surface area contributed by atoms with E-state index in [0.29, 0.717) is 0 Å². The summed E-state index contributed by atoms with van der Waals surface area (Å²) in [6.45, 7) is 6.70. The van der Waals surface area contributed by atoms with Gasteiger partial charge in [0.2, 0.25) is 0 Å². The molecular weight excluding hydrogens is 172 g/mol. The lowest BCUT2D eigenvalue weighted by molar-refractivity contribution is 0.380. The monoisotopic (exact) mass is 192 g/mol. The molecule has 2 nitrogen and oxygen atoms in total. The van der Waals surface area contributed by atoms with Crippen LogP contribution >= 0.6 is 0 Å². The van der Waals surface area contributed by atoms with E-state index in [9.17, 15) is 0 Å². The third-order valence-corrected chi connectivity index (χ3v) is 2.97. The van der Waals surface area contributed by atoms with Gasteiger partial charge in [-0.2, -0.15) is 0 Å². The largest absolute Gasteiger partial charge is 0.241 e. The Hall–Kier alpha value is -0.920. The average Bonchev–Trinajstić information content (AvgIpc) is 2.27. The molecule has 0 saturated heterocycles. The summed E-state index contributed by atoms with van der Waals surface area (Å²) in [5.74, 6) is 0.996. The summed E-state index contributed by atoms with van der Waals surface area (Å²) in [4.78, 5) is 8.73. The first kappa shape index (κ1) is 11.2. The molecule has 0 fully saturated rings. The van der Waals surface area contributed by atoms with Gasteiger partial charge in [-0.25, -0.2) is 9.97 Å². The first-order valence-corrected chi connectivity index (χ1v) is 5.50. The maximum atomic E-state index is 4.36. The smallest absolute Gasteiger partial charge is 0.134 e. The number of unbranched alkanes of at least 4 members (excludes halogenated alkanes) is 1. The van der Waals surface area contributed by atoms with Crippen LogP contribution in [0.3, 0.4) is 0 Å².